The van der Waals surface area contributed by atoms with E-state index in [2.05, 4.69) is 49.0 Å². The molecule has 0 saturated carbocycles. The average molecular weight is 344 g/mol. The minimum atomic E-state index is -0.144. The molecule has 2 heterocycles. The number of fused-ring (bicyclic) bond motifs is 1. The summed E-state index contributed by atoms with van der Waals surface area (Å²) in [6, 6.07) is 13.5. The van der Waals surface area contributed by atoms with E-state index in [-0.39, 0.29) is 5.91 Å². The first kappa shape index (κ1) is 13.8. The molecule has 0 radical (unpaired) electrons. The summed E-state index contributed by atoms with van der Waals surface area (Å²) in [5.74, 6) is -0.144. The molecule has 0 bridgehead atoms. The quantitative estimate of drug-likeness (QED) is 0.790. The summed E-state index contributed by atoms with van der Waals surface area (Å²) < 4.78 is 3.19. The minimum Gasteiger partial charge on any atom is -0.349 e. The molecule has 3 aromatic rings. The first-order valence-corrected chi connectivity index (χ1v) is 7.47. The van der Waals surface area contributed by atoms with Gasteiger partial charge in [-0.3, -0.25) is 9.78 Å². The van der Waals surface area contributed by atoms with Crippen molar-refractivity contribution in [2.24, 2.45) is 0 Å². The van der Waals surface area contributed by atoms with Crippen molar-refractivity contribution in [2.75, 3.05) is 6.54 Å². The monoisotopic (exact) mass is 343 g/mol. The topological polar surface area (TPSA) is 46.9 Å². The van der Waals surface area contributed by atoms with E-state index in [1.54, 1.807) is 24.4 Å². The summed E-state index contributed by atoms with van der Waals surface area (Å²) in [5, 5.41) is 4.06. The molecule has 0 atom stereocenters. The van der Waals surface area contributed by atoms with Crippen LogP contribution >= 0.6 is 15.9 Å². The Kier molecular flexibility index (Phi) is 4.01. The van der Waals surface area contributed by atoms with Crippen LogP contribution in [0.3, 0.4) is 0 Å². The van der Waals surface area contributed by atoms with Gasteiger partial charge in [0.1, 0.15) is 5.69 Å². The number of pyridine rings is 1. The van der Waals surface area contributed by atoms with Gasteiger partial charge in [-0.1, -0.05) is 22.0 Å². The molecule has 0 aliphatic heterocycles. The lowest BCUT2D eigenvalue weighted by atomic mass is 10.2. The third-order valence-electron chi connectivity index (χ3n) is 3.27. The SMILES string of the molecule is O=C(NCCn1ccc2cc(Br)ccc21)c1ccccn1. The largest absolute Gasteiger partial charge is 0.349 e. The molecule has 5 heteroatoms. The molecule has 1 N–H and O–H groups in total. The standard InChI is InChI=1S/C16H14BrN3O/c17-13-4-5-15-12(11-13)6-9-20(15)10-8-19-16(21)14-3-1-2-7-18-14/h1-7,9,11H,8,10H2,(H,19,21). The molecule has 0 fully saturated rings. The molecule has 106 valence electrons. The maximum atomic E-state index is 11.9. The second kappa shape index (κ2) is 6.10. The van der Waals surface area contributed by atoms with Crippen LogP contribution in [0.4, 0.5) is 0 Å². The van der Waals surface area contributed by atoms with E-state index in [9.17, 15) is 4.79 Å². The number of benzene rings is 1. The Hall–Kier alpha value is -2.14. The number of rotatable bonds is 4. The Balaban J connectivity index is 1.63. The van der Waals surface area contributed by atoms with Crippen molar-refractivity contribution in [1.82, 2.24) is 14.9 Å². The third-order valence-corrected chi connectivity index (χ3v) is 3.76. The Morgan fingerprint density at radius 2 is 2.14 bits per heavy atom. The van der Waals surface area contributed by atoms with Gasteiger partial charge in [0.05, 0.1) is 0 Å². The molecule has 0 aliphatic rings. The van der Waals surface area contributed by atoms with Gasteiger partial charge in [0.2, 0.25) is 0 Å². The number of halogens is 1. The van der Waals surface area contributed by atoms with E-state index in [0.29, 0.717) is 12.2 Å². The normalized spacial score (nSPS) is 10.7. The molecular formula is C16H14BrN3O. The molecule has 21 heavy (non-hydrogen) atoms. The zero-order valence-corrected chi connectivity index (χ0v) is 12.9. The van der Waals surface area contributed by atoms with Crippen LogP contribution in [-0.2, 0) is 6.54 Å². The maximum Gasteiger partial charge on any atom is 0.269 e. The van der Waals surface area contributed by atoms with Gasteiger partial charge in [-0.15, -0.1) is 0 Å². The predicted molar refractivity (Wildman–Crippen MR) is 86.2 cm³/mol. The minimum absolute atomic E-state index is 0.144. The molecule has 0 spiro atoms. The van der Waals surface area contributed by atoms with Crippen molar-refractivity contribution in [3.63, 3.8) is 0 Å². The lowest BCUT2D eigenvalue weighted by Crippen LogP contribution is -2.27. The fourth-order valence-electron chi connectivity index (χ4n) is 2.24. The number of carbonyl (C=O) groups excluding carboxylic acids is 1. The number of carbonyl (C=O) groups is 1. The van der Waals surface area contributed by atoms with Crippen molar-refractivity contribution < 1.29 is 4.79 Å². The predicted octanol–water partition coefficient (Wildman–Crippen LogP) is 3.23. The molecule has 0 aliphatic carbocycles. The zero-order chi connectivity index (χ0) is 14.7. The summed E-state index contributed by atoms with van der Waals surface area (Å²) in [6.07, 6.45) is 3.65. The first-order chi connectivity index (χ1) is 10.2. The van der Waals surface area contributed by atoms with Crippen molar-refractivity contribution in [2.45, 2.75) is 6.54 Å². The third kappa shape index (κ3) is 3.13. The first-order valence-electron chi connectivity index (χ1n) is 6.68. The van der Waals surface area contributed by atoms with Crippen LogP contribution in [0, 0.1) is 0 Å². The van der Waals surface area contributed by atoms with Crippen LogP contribution in [0.25, 0.3) is 10.9 Å². The van der Waals surface area contributed by atoms with Crippen molar-refractivity contribution in [3.05, 3.63) is 65.0 Å². The van der Waals surface area contributed by atoms with Crippen LogP contribution in [0.15, 0.2) is 59.3 Å². The van der Waals surface area contributed by atoms with Gasteiger partial charge in [-0.05, 0) is 36.4 Å². The highest BCUT2D eigenvalue weighted by atomic mass is 79.9. The number of aromatic nitrogens is 2. The van der Waals surface area contributed by atoms with Crippen LogP contribution in [0.2, 0.25) is 0 Å². The molecule has 0 saturated heterocycles. The number of amides is 1. The van der Waals surface area contributed by atoms with Gasteiger partial charge in [0.25, 0.3) is 5.91 Å². The molecule has 3 rings (SSSR count). The highest BCUT2D eigenvalue weighted by molar-refractivity contribution is 9.10. The van der Waals surface area contributed by atoms with E-state index in [0.717, 1.165) is 16.5 Å². The fraction of sp³-hybridized carbons (Fsp3) is 0.125. The molecule has 2 aromatic heterocycles. The maximum absolute atomic E-state index is 11.9. The Morgan fingerprint density at radius 1 is 1.24 bits per heavy atom. The van der Waals surface area contributed by atoms with Gasteiger partial charge in [-0.2, -0.15) is 0 Å². The van der Waals surface area contributed by atoms with Crippen molar-refractivity contribution in [1.29, 1.82) is 0 Å². The smallest absolute Gasteiger partial charge is 0.269 e. The number of hydrogen-bond donors (Lipinski definition) is 1. The van der Waals surface area contributed by atoms with Crippen LogP contribution in [-0.4, -0.2) is 22.0 Å². The second-order valence-corrected chi connectivity index (χ2v) is 5.60. The number of hydrogen-bond acceptors (Lipinski definition) is 2. The lowest BCUT2D eigenvalue weighted by molar-refractivity contribution is 0.0947. The molecule has 1 aromatic carbocycles. The van der Waals surface area contributed by atoms with E-state index in [1.165, 1.54) is 5.39 Å². The van der Waals surface area contributed by atoms with Crippen molar-refractivity contribution in [3.8, 4) is 0 Å². The Labute approximate surface area is 130 Å². The van der Waals surface area contributed by atoms with Gasteiger partial charge in [0.15, 0.2) is 0 Å². The molecule has 1 amide bonds. The van der Waals surface area contributed by atoms with E-state index >= 15 is 0 Å². The highest BCUT2D eigenvalue weighted by Crippen LogP contribution is 2.20. The summed E-state index contributed by atoms with van der Waals surface area (Å²) in [4.78, 5) is 15.9. The molecule has 4 nitrogen and oxygen atoms in total. The number of nitrogens with zero attached hydrogens (tertiary/aromatic N) is 2. The van der Waals surface area contributed by atoms with E-state index in [4.69, 9.17) is 0 Å². The molecule has 0 unspecified atom stereocenters. The summed E-state index contributed by atoms with van der Waals surface area (Å²) in [5.41, 5.74) is 1.60. The zero-order valence-electron chi connectivity index (χ0n) is 11.3. The Morgan fingerprint density at radius 3 is 2.95 bits per heavy atom. The van der Waals surface area contributed by atoms with Crippen molar-refractivity contribution >= 4 is 32.7 Å². The Bertz CT molecular complexity index is 768. The van der Waals surface area contributed by atoms with Gasteiger partial charge >= 0.3 is 0 Å². The lowest BCUT2D eigenvalue weighted by Gasteiger charge is -2.07. The average Bonchev–Trinajstić information content (AvgIpc) is 2.90. The van der Waals surface area contributed by atoms with Gasteiger partial charge < -0.3 is 9.88 Å². The second-order valence-electron chi connectivity index (χ2n) is 4.68. The van der Waals surface area contributed by atoms with Gasteiger partial charge in [-0.25, -0.2) is 0 Å². The summed E-state index contributed by atoms with van der Waals surface area (Å²) in [6.45, 7) is 1.29. The summed E-state index contributed by atoms with van der Waals surface area (Å²) in [7, 11) is 0. The van der Waals surface area contributed by atoms with E-state index < -0.39 is 0 Å². The fourth-order valence-corrected chi connectivity index (χ4v) is 2.62. The highest BCUT2D eigenvalue weighted by Gasteiger charge is 2.06. The van der Waals surface area contributed by atoms with Crippen LogP contribution in [0.5, 0.6) is 0 Å². The van der Waals surface area contributed by atoms with E-state index in [1.807, 2.05) is 12.3 Å². The summed E-state index contributed by atoms with van der Waals surface area (Å²) >= 11 is 3.47. The van der Waals surface area contributed by atoms with Crippen LogP contribution < -0.4 is 5.32 Å². The van der Waals surface area contributed by atoms with Gasteiger partial charge in [0, 0.05) is 40.9 Å². The van der Waals surface area contributed by atoms with Crippen LogP contribution in [0.1, 0.15) is 10.5 Å². The molecular weight excluding hydrogens is 330 g/mol. The number of nitrogens with one attached hydrogen (secondary N) is 1.